The molecule has 3 aromatic heterocycles. The highest BCUT2D eigenvalue weighted by Crippen LogP contribution is 2.46. The number of pyridine rings is 1. The second kappa shape index (κ2) is 9.57. The van der Waals surface area contributed by atoms with Crippen molar-refractivity contribution in [3.8, 4) is 17.5 Å². The Kier molecular flexibility index (Phi) is 6.59. The molecule has 8 heteroatoms. The molecule has 0 atom stereocenters. The number of piperidine rings is 1. The number of nitrogens with zero attached hydrogens (tertiary/aromatic N) is 6. The van der Waals surface area contributed by atoms with Crippen molar-refractivity contribution in [2.45, 2.75) is 64.4 Å². The molecule has 2 aliphatic rings. The van der Waals surface area contributed by atoms with Crippen molar-refractivity contribution in [1.82, 2.24) is 19.6 Å². The molecule has 4 heterocycles. The highest BCUT2D eigenvalue weighted by Gasteiger charge is 2.31. The molecule has 1 saturated heterocycles. The molecule has 0 aromatic carbocycles. The molecule has 0 amide bonds. The summed E-state index contributed by atoms with van der Waals surface area (Å²) in [6.45, 7) is 8.03. The van der Waals surface area contributed by atoms with Crippen LogP contribution in [0.2, 0.25) is 0 Å². The van der Waals surface area contributed by atoms with Gasteiger partial charge in [0.25, 0.3) is 6.47 Å². The van der Waals surface area contributed by atoms with E-state index in [1.54, 1.807) is 18.6 Å². The minimum absolute atomic E-state index is 0.318. The summed E-state index contributed by atoms with van der Waals surface area (Å²) in [6.07, 6.45) is 9.51. The van der Waals surface area contributed by atoms with Crippen LogP contribution in [0.5, 0.6) is 0 Å². The van der Waals surface area contributed by atoms with Crippen LogP contribution < -0.4 is 4.90 Å². The maximum Gasteiger partial charge on any atom is 0.293 e. The SMILES string of the molecule is CC(C)(C)OC=O.N#Cc1ccnc(-c2cc(C3CC3)c3c(N4CCCCC4)ncnn23)c1. The number of carbonyl (C=O) groups excluding carboxylic acids is 1. The molecule has 8 nitrogen and oxygen atoms in total. The van der Waals surface area contributed by atoms with Crippen molar-refractivity contribution in [3.05, 3.63) is 41.9 Å². The van der Waals surface area contributed by atoms with E-state index in [0.29, 0.717) is 18.0 Å². The van der Waals surface area contributed by atoms with E-state index in [1.165, 1.54) is 37.7 Å². The Morgan fingerprint density at radius 2 is 1.91 bits per heavy atom. The molecule has 0 unspecified atom stereocenters. The van der Waals surface area contributed by atoms with Gasteiger partial charge in [-0.2, -0.15) is 10.4 Å². The van der Waals surface area contributed by atoms with Gasteiger partial charge in [0, 0.05) is 19.3 Å². The Balaban J connectivity index is 0.000000325. The first kappa shape index (κ1) is 22.7. The topological polar surface area (TPSA) is 96.4 Å². The van der Waals surface area contributed by atoms with Crippen LogP contribution in [-0.2, 0) is 9.53 Å². The van der Waals surface area contributed by atoms with Crippen molar-refractivity contribution < 1.29 is 9.53 Å². The lowest BCUT2D eigenvalue weighted by molar-refractivity contribution is -0.138. The van der Waals surface area contributed by atoms with Crippen LogP contribution >= 0.6 is 0 Å². The molecule has 172 valence electrons. The number of carbonyl (C=O) groups is 1. The first-order valence-electron chi connectivity index (χ1n) is 11.5. The van der Waals surface area contributed by atoms with Crippen LogP contribution in [0.1, 0.15) is 69.9 Å². The van der Waals surface area contributed by atoms with Gasteiger partial charge < -0.3 is 9.64 Å². The highest BCUT2D eigenvalue weighted by molar-refractivity contribution is 5.80. The Morgan fingerprint density at radius 1 is 1.15 bits per heavy atom. The second-order valence-corrected chi connectivity index (χ2v) is 9.52. The van der Waals surface area contributed by atoms with Crippen LogP contribution in [0.15, 0.2) is 30.7 Å². The minimum Gasteiger partial charge on any atom is -0.462 e. The summed E-state index contributed by atoms with van der Waals surface area (Å²) in [6, 6.07) is 7.97. The molecule has 0 N–H and O–H groups in total. The molecule has 3 aromatic rings. The molecular formula is C25H30N6O2. The monoisotopic (exact) mass is 446 g/mol. The van der Waals surface area contributed by atoms with Gasteiger partial charge in [0.15, 0.2) is 5.82 Å². The van der Waals surface area contributed by atoms with Gasteiger partial charge in [-0.25, -0.2) is 9.50 Å². The van der Waals surface area contributed by atoms with E-state index in [4.69, 9.17) is 0 Å². The van der Waals surface area contributed by atoms with Gasteiger partial charge in [0.1, 0.15) is 17.4 Å². The molecule has 33 heavy (non-hydrogen) atoms. The third-order valence-corrected chi connectivity index (χ3v) is 5.79. The third kappa shape index (κ3) is 5.30. The average molecular weight is 447 g/mol. The van der Waals surface area contributed by atoms with Crippen molar-refractivity contribution >= 4 is 17.8 Å². The summed E-state index contributed by atoms with van der Waals surface area (Å²) in [5.74, 6) is 1.64. The molecule has 0 radical (unpaired) electrons. The van der Waals surface area contributed by atoms with E-state index in [0.717, 1.165) is 35.8 Å². The molecule has 5 rings (SSSR count). The van der Waals surface area contributed by atoms with E-state index in [9.17, 15) is 10.1 Å². The second-order valence-electron chi connectivity index (χ2n) is 9.52. The summed E-state index contributed by atoms with van der Waals surface area (Å²) < 4.78 is 6.53. The third-order valence-electron chi connectivity index (χ3n) is 5.79. The van der Waals surface area contributed by atoms with Gasteiger partial charge in [-0.1, -0.05) is 0 Å². The van der Waals surface area contributed by atoms with E-state index in [-0.39, 0.29) is 5.60 Å². The van der Waals surface area contributed by atoms with Crippen LogP contribution in [0.25, 0.3) is 16.9 Å². The number of hydrogen-bond donors (Lipinski definition) is 0. The summed E-state index contributed by atoms with van der Waals surface area (Å²) in [4.78, 5) is 21.2. The van der Waals surface area contributed by atoms with Gasteiger partial charge in [0.05, 0.1) is 23.0 Å². The zero-order valence-electron chi connectivity index (χ0n) is 19.5. The zero-order chi connectivity index (χ0) is 23.4. The van der Waals surface area contributed by atoms with Crippen molar-refractivity contribution in [3.63, 3.8) is 0 Å². The van der Waals surface area contributed by atoms with E-state index in [1.807, 2.05) is 31.4 Å². The predicted octanol–water partition coefficient (Wildman–Crippen LogP) is 4.49. The van der Waals surface area contributed by atoms with Gasteiger partial charge in [-0.15, -0.1) is 0 Å². The maximum atomic E-state index is 9.60. The normalized spacial score (nSPS) is 16.0. The summed E-state index contributed by atoms with van der Waals surface area (Å²) in [7, 11) is 0. The average Bonchev–Trinajstić information content (AvgIpc) is 3.59. The van der Waals surface area contributed by atoms with Gasteiger partial charge in [0.2, 0.25) is 0 Å². The fourth-order valence-electron chi connectivity index (χ4n) is 4.07. The smallest absolute Gasteiger partial charge is 0.293 e. The molecule has 1 aliphatic heterocycles. The van der Waals surface area contributed by atoms with Crippen molar-refractivity contribution in [2.24, 2.45) is 0 Å². The first-order valence-corrected chi connectivity index (χ1v) is 11.5. The van der Waals surface area contributed by atoms with Crippen LogP contribution in [0.3, 0.4) is 0 Å². The fraction of sp³-hybridized carbons (Fsp3) is 0.480. The van der Waals surface area contributed by atoms with Crippen molar-refractivity contribution in [2.75, 3.05) is 18.0 Å². The number of ether oxygens (including phenoxy) is 1. The fourth-order valence-corrected chi connectivity index (χ4v) is 4.07. The van der Waals surface area contributed by atoms with Crippen LogP contribution in [-0.4, -0.2) is 44.7 Å². The summed E-state index contributed by atoms with van der Waals surface area (Å²) >= 11 is 0. The van der Waals surface area contributed by atoms with Gasteiger partial charge in [-0.3, -0.25) is 9.78 Å². The maximum absolute atomic E-state index is 9.60. The molecule has 2 fully saturated rings. The number of aromatic nitrogens is 4. The lowest BCUT2D eigenvalue weighted by Gasteiger charge is -2.28. The van der Waals surface area contributed by atoms with E-state index >= 15 is 0 Å². The molecule has 0 spiro atoms. The van der Waals surface area contributed by atoms with E-state index in [2.05, 4.69) is 36.8 Å². The molecular weight excluding hydrogens is 416 g/mol. The molecule has 1 saturated carbocycles. The van der Waals surface area contributed by atoms with Crippen LogP contribution in [0.4, 0.5) is 5.82 Å². The zero-order valence-corrected chi connectivity index (χ0v) is 19.5. The Morgan fingerprint density at radius 3 is 2.52 bits per heavy atom. The van der Waals surface area contributed by atoms with Gasteiger partial charge in [-0.05, 0) is 82.6 Å². The van der Waals surface area contributed by atoms with Gasteiger partial charge >= 0.3 is 0 Å². The van der Waals surface area contributed by atoms with E-state index < -0.39 is 0 Å². The predicted molar refractivity (Wildman–Crippen MR) is 126 cm³/mol. The summed E-state index contributed by atoms with van der Waals surface area (Å²) in [5.41, 5.74) is 4.47. The summed E-state index contributed by atoms with van der Waals surface area (Å²) in [5, 5.41) is 13.8. The quantitative estimate of drug-likeness (QED) is 0.545. The number of hydrogen-bond acceptors (Lipinski definition) is 7. The molecule has 1 aliphatic carbocycles. The number of anilines is 1. The lowest BCUT2D eigenvalue weighted by Crippen LogP contribution is -2.30. The number of fused-ring (bicyclic) bond motifs is 1. The van der Waals surface area contributed by atoms with Crippen molar-refractivity contribution in [1.29, 1.82) is 5.26 Å². The Bertz CT molecular complexity index is 1160. The highest BCUT2D eigenvalue weighted by atomic mass is 16.5. The lowest BCUT2D eigenvalue weighted by atomic mass is 10.1. The first-order chi connectivity index (χ1) is 15.9. The standard InChI is InChI=1S/C20H20N6.C5H10O2/c21-12-14-6-7-22-17(10-14)18-11-16(15-4-5-15)19-20(23-13-24-26(18)19)25-8-2-1-3-9-25;1-5(2,3)7-4-6/h6-7,10-11,13,15H,1-5,8-9H2;4H,1-3H3. The van der Waals surface area contributed by atoms with Crippen LogP contribution in [0, 0.1) is 11.3 Å². The largest absolute Gasteiger partial charge is 0.462 e. The number of rotatable bonds is 4. The number of nitriles is 1. The molecule has 0 bridgehead atoms. The Hall–Kier alpha value is -3.47. The minimum atomic E-state index is -0.318. The Labute approximate surface area is 194 Å².